The third-order valence-corrected chi connectivity index (χ3v) is 4.77. The highest BCUT2D eigenvalue weighted by Crippen LogP contribution is 2.32. The van der Waals surface area contributed by atoms with Crippen LogP contribution in [0, 0.1) is 5.82 Å². The van der Waals surface area contributed by atoms with E-state index < -0.39 is 5.91 Å². The molecule has 7 heteroatoms. The fourth-order valence-electron chi connectivity index (χ4n) is 3.29. The second-order valence-corrected chi connectivity index (χ2v) is 7.07. The molecule has 162 valence electrons. The van der Waals surface area contributed by atoms with Crippen molar-refractivity contribution in [3.05, 3.63) is 89.9 Å². The topological polar surface area (TPSA) is 80.6 Å². The number of para-hydroxylation sites is 1. The van der Waals surface area contributed by atoms with Crippen molar-refractivity contribution in [2.45, 2.75) is 13.3 Å². The summed E-state index contributed by atoms with van der Waals surface area (Å²) < 4.78 is 24.3. The van der Waals surface area contributed by atoms with Gasteiger partial charge in [-0.2, -0.15) is 0 Å². The Labute approximate surface area is 184 Å². The molecule has 4 rings (SSSR count). The molecule has 0 aliphatic carbocycles. The summed E-state index contributed by atoms with van der Waals surface area (Å²) in [5.74, 6) is -0.528. The molecule has 32 heavy (non-hydrogen) atoms. The van der Waals surface area contributed by atoms with E-state index in [9.17, 15) is 14.0 Å². The first-order valence-electron chi connectivity index (χ1n) is 10.1. The third kappa shape index (κ3) is 4.78. The molecule has 0 atom stereocenters. The van der Waals surface area contributed by atoms with Crippen LogP contribution in [0.1, 0.15) is 23.0 Å². The van der Waals surface area contributed by atoms with Gasteiger partial charge in [-0.1, -0.05) is 24.3 Å². The second-order valence-electron chi connectivity index (χ2n) is 7.07. The first-order chi connectivity index (χ1) is 15.5. The van der Waals surface area contributed by atoms with Crippen LogP contribution in [-0.4, -0.2) is 18.4 Å². The van der Waals surface area contributed by atoms with E-state index in [1.54, 1.807) is 60.7 Å². The van der Waals surface area contributed by atoms with E-state index in [1.165, 1.54) is 12.1 Å². The van der Waals surface area contributed by atoms with Gasteiger partial charge in [-0.15, -0.1) is 0 Å². The maximum Gasteiger partial charge on any atom is 0.293 e. The molecule has 6 nitrogen and oxygen atoms in total. The van der Waals surface area contributed by atoms with Crippen LogP contribution in [0.25, 0.3) is 11.0 Å². The summed E-state index contributed by atoms with van der Waals surface area (Å²) in [5, 5.41) is 6.17. The summed E-state index contributed by atoms with van der Waals surface area (Å²) in [7, 11) is 0. The second kappa shape index (κ2) is 9.34. The minimum atomic E-state index is -0.498. The summed E-state index contributed by atoms with van der Waals surface area (Å²) in [6.07, 6.45) is 0.0275. The maximum atomic E-state index is 13.1. The number of benzene rings is 3. The number of nitrogens with one attached hydrogen (secondary N) is 2. The number of hydrogen-bond acceptors (Lipinski definition) is 4. The molecule has 0 saturated heterocycles. The Kier molecular flexibility index (Phi) is 6.17. The van der Waals surface area contributed by atoms with Crippen LogP contribution in [0.3, 0.4) is 0 Å². The number of amides is 2. The van der Waals surface area contributed by atoms with Crippen molar-refractivity contribution in [2.75, 3.05) is 17.2 Å². The number of fused-ring (bicyclic) bond motifs is 1. The monoisotopic (exact) mass is 432 g/mol. The minimum absolute atomic E-state index is 0.00691. The molecule has 2 N–H and O–H groups in total. The summed E-state index contributed by atoms with van der Waals surface area (Å²) in [4.78, 5) is 25.6. The van der Waals surface area contributed by atoms with E-state index in [0.29, 0.717) is 34.6 Å². The Hall–Kier alpha value is -4.13. The van der Waals surface area contributed by atoms with Crippen LogP contribution in [0.15, 0.2) is 77.2 Å². The standard InChI is InChI=1S/C25H21FN2O4/c1-2-31-19-13-11-18(12-14-19)27-25(30)24-23(20-5-3-4-6-21(20)32-24)28-22(29)15-16-7-9-17(26)10-8-16/h3-14H,2,15H2,1H3,(H,27,30)(H,28,29). The Bertz CT molecular complexity index is 1250. The SMILES string of the molecule is CCOc1ccc(NC(=O)c2oc3ccccc3c2NC(=O)Cc2ccc(F)cc2)cc1. The highest BCUT2D eigenvalue weighted by Gasteiger charge is 2.22. The molecule has 1 aromatic heterocycles. The molecular formula is C25H21FN2O4. The van der Waals surface area contributed by atoms with E-state index >= 15 is 0 Å². The quantitative estimate of drug-likeness (QED) is 0.410. The van der Waals surface area contributed by atoms with Crippen molar-refractivity contribution in [1.82, 2.24) is 0 Å². The number of ether oxygens (including phenoxy) is 1. The first-order valence-corrected chi connectivity index (χ1v) is 10.1. The highest BCUT2D eigenvalue weighted by molar-refractivity contribution is 6.14. The zero-order chi connectivity index (χ0) is 22.5. The minimum Gasteiger partial charge on any atom is -0.494 e. The number of rotatable bonds is 7. The number of carbonyl (C=O) groups is 2. The van der Waals surface area contributed by atoms with Gasteiger partial charge in [0.2, 0.25) is 11.7 Å². The highest BCUT2D eigenvalue weighted by atomic mass is 19.1. The van der Waals surface area contributed by atoms with Crippen molar-refractivity contribution in [3.63, 3.8) is 0 Å². The van der Waals surface area contributed by atoms with E-state index in [4.69, 9.17) is 9.15 Å². The zero-order valence-corrected chi connectivity index (χ0v) is 17.4. The van der Waals surface area contributed by atoms with Gasteiger partial charge in [-0.25, -0.2) is 4.39 Å². The summed E-state index contributed by atoms with van der Waals surface area (Å²) in [6.45, 7) is 2.44. The lowest BCUT2D eigenvalue weighted by atomic mass is 10.1. The Balaban J connectivity index is 1.57. The average molecular weight is 432 g/mol. The molecule has 0 saturated carbocycles. The van der Waals surface area contributed by atoms with Crippen LogP contribution in [0.4, 0.5) is 15.8 Å². The van der Waals surface area contributed by atoms with E-state index in [1.807, 2.05) is 6.92 Å². The molecule has 0 radical (unpaired) electrons. The fourth-order valence-corrected chi connectivity index (χ4v) is 3.29. The summed E-state index contributed by atoms with van der Waals surface area (Å²) in [5.41, 5.74) is 1.97. The average Bonchev–Trinajstić information content (AvgIpc) is 3.15. The Morgan fingerprint density at radius 2 is 1.66 bits per heavy atom. The smallest absolute Gasteiger partial charge is 0.293 e. The van der Waals surface area contributed by atoms with Crippen LogP contribution in [0.2, 0.25) is 0 Å². The molecule has 2 amide bonds. The predicted molar refractivity (Wildman–Crippen MR) is 121 cm³/mol. The maximum absolute atomic E-state index is 13.1. The Morgan fingerprint density at radius 3 is 2.38 bits per heavy atom. The normalized spacial score (nSPS) is 10.7. The largest absolute Gasteiger partial charge is 0.494 e. The van der Waals surface area contributed by atoms with Crippen molar-refractivity contribution < 1.29 is 23.1 Å². The molecule has 1 heterocycles. The summed E-state index contributed by atoms with van der Waals surface area (Å²) in [6, 6.07) is 19.7. The van der Waals surface area contributed by atoms with Gasteiger partial charge in [0.25, 0.3) is 5.91 Å². The number of anilines is 2. The Morgan fingerprint density at radius 1 is 0.938 bits per heavy atom. The molecule has 0 unspecified atom stereocenters. The molecule has 0 aliphatic rings. The molecule has 3 aromatic carbocycles. The van der Waals surface area contributed by atoms with Crippen LogP contribution >= 0.6 is 0 Å². The van der Waals surface area contributed by atoms with Gasteiger partial charge in [0.15, 0.2) is 0 Å². The van der Waals surface area contributed by atoms with Crippen LogP contribution < -0.4 is 15.4 Å². The molecule has 0 fully saturated rings. The van der Waals surface area contributed by atoms with Crippen molar-refractivity contribution in [2.24, 2.45) is 0 Å². The van der Waals surface area contributed by atoms with Crippen LogP contribution in [0.5, 0.6) is 5.75 Å². The molecule has 0 bridgehead atoms. The molecule has 0 aliphatic heterocycles. The lowest BCUT2D eigenvalue weighted by Gasteiger charge is -2.08. The zero-order valence-electron chi connectivity index (χ0n) is 17.4. The van der Waals surface area contributed by atoms with Gasteiger partial charge < -0.3 is 19.8 Å². The van der Waals surface area contributed by atoms with Gasteiger partial charge in [-0.05, 0) is 61.0 Å². The number of furan rings is 1. The van der Waals surface area contributed by atoms with Crippen molar-refractivity contribution >= 4 is 34.2 Å². The van der Waals surface area contributed by atoms with Crippen LogP contribution in [-0.2, 0) is 11.2 Å². The lowest BCUT2D eigenvalue weighted by molar-refractivity contribution is -0.115. The lowest BCUT2D eigenvalue weighted by Crippen LogP contribution is -2.18. The fraction of sp³-hybridized carbons (Fsp3) is 0.120. The number of hydrogen-bond donors (Lipinski definition) is 2. The van der Waals surface area contributed by atoms with Gasteiger partial charge in [0, 0.05) is 11.1 Å². The van der Waals surface area contributed by atoms with Crippen molar-refractivity contribution in [1.29, 1.82) is 0 Å². The molecule has 4 aromatic rings. The van der Waals surface area contributed by atoms with E-state index in [2.05, 4.69) is 10.6 Å². The van der Waals surface area contributed by atoms with E-state index in [-0.39, 0.29) is 29.6 Å². The van der Waals surface area contributed by atoms with Gasteiger partial charge >= 0.3 is 0 Å². The van der Waals surface area contributed by atoms with Gasteiger partial charge in [0.1, 0.15) is 22.8 Å². The first kappa shape index (κ1) is 21.1. The van der Waals surface area contributed by atoms with E-state index in [0.717, 1.165) is 0 Å². The van der Waals surface area contributed by atoms with Gasteiger partial charge in [0.05, 0.1) is 13.0 Å². The number of halogens is 1. The van der Waals surface area contributed by atoms with Crippen molar-refractivity contribution in [3.8, 4) is 5.75 Å². The predicted octanol–water partition coefficient (Wildman–Crippen LogP) is 5.40. The third-order valence-electron chi connectivity index (χ3n) is 4.77. The summed E-state index contributed by atoms with van der Waals surface area (Å²) >= 11 is 0. The van der Waals surface area contributed by atoms with Gasteiger partial charge in [-0.3, -0.25) is 9.59 Å². The number of carbonyl (C=O) groups excluding carboxylic acids is 2. The molecule has 0 spiro atoms. The molecular weight excluding hydrogens is 411 g/mol.